The summed E-state index contributed by atoms with van der Waals surface area (Å²) in [5.41, 5.74) is 4.10. The van der Waals surface area contributed by atoms with Gasteiger partial charge < -0.3 is 15.2 Å². The number of benzene rings is 1. The fraction of sp³-hybridized carbons (Fsp3) is 0.400. The molecule has 28 heavy (non-hydrogen) atoms. The lowest BCUT2D eigenvalue weighted by atomic mass is 10.2. The minimum atomic E-state index is -0.547. The van der Waals surface area contributed by atoms with Crippen LogP contribution in [0.3, 0.4) is 0 Å². The van der Waals surface area contributed by atoms with Crippen LogP contribution in [0.15, 0.2) is 42.6 Å². The SMILES string of the molecule is C=C/C=C(\C)N(CC(=O)N(CC(=O)NCc1cccc(Cl)c1F)C1CC1)NC. The van der Waals surface area contributed by atoms with Gasteiger partial charge >= 0.3 is 0 Å². The van der Waals surface area contributed by atoms with Crippen LogP contribution >= 0.6 is 11.6 Å². The van der Waals surface area contributed by atoms with E-state index in [9.17, 15) is 14.0 Å². The van der Waals surface area contributed by atoms with Crippen LogP contribution in [-0.2, 0) is 16.1 Å². The minimum absolute atomic E-state index is 0.0108. The number of hydrogen-bond donors (Lipinski definition) is 2. The van der Waals surface area contributed by atoms with Crippen molar-refractivity contribution in [1.82, 2.24) is 20.7 Å². The highest BCUT2D eigenvalue weighted by molar-refractivity contribution is 6.30. The van der Waals surface area contributed by atoms with E-state index in [2.05, 4.69) is 17.3 Å². The molecular formula is C20H26ClFN4O2. The zero-order valence-corrected chi connectivity index (χ0v) is 16.9. The second-order valence-corrected chi connectivity index (χ2v) is 7.00. The normalized spacial score (nSPS) is 13.8. The van der Waals surface area contributed by atoms with Gasteiger partial charge in [-0.1, -0.05) is 36.4 Å². The van der Waals surface area contributed by atoms with Gasteiger partial charge in [0.2, 0.25) is 11.8 Å². The van der Waals surface area contributed by atoms with E-state index in [0.717, 1.165) is 18.5 Å². The molecule has 0 saturated heterocycles. The Kier molecular flexibility index (Phi) is 8.02. The van der Waals surface area contributed by atoms with Crippen LogP contribution in [0.25, 0.3) is 0 Å². The number of hydrogen-bond acceptors (Lipinski definition) is 4. The first-order valence-electron chi connectivity index (χ1n) is 9.10. The summed E-state index contributed by atoms with van der Waals surface area (Å²) >= 11 is 5.75. The van der Waals surface area contributed by atoms with Crippen molar-refractivity contribution in [2.45, 2.75) is 32.4 Å². The maximum atomic E-state index is 13.9. The molecule has 0 bridgehead atoms. The van der Waals surface area contributed by atoms with Crippen molar-refractivity contribution >= 4 is 23.4 Å². The summed E-state index contributed by atoms with van der Waals surface area (Å²) in [5, 5.41) is 4.36. The van der Waals surface area contributed by atoms with E-state index in [1.807, 2.05) is 6.92 Å². The maximum absolute atomic E-state index is 13.9. The van der Waals surface area contributed by atoms with Crippen molar-refractivity contribution in [2.24, 2.45) is 0 Å². The number of nitrogens with one attached hydrogen (secondary N) is 2. The zero-order chi connectivity index (χ0) is 20.7. The third-order valence-corrected chi connectivity index (χ3v) is 4.77. The van der Waals surface area contributed by atoms with E-state index in [0.29, 0.717) is 5.56 Å². The molecule has 0 heterocycles. The van der Waals surface area contributed by atoms with Gasteiger partial charge in [0.1, 0.15) is 12.4 Å². The number of allylic oxidation sites excluding steroid dienone is 3. The Morgan fingerprint density at radius 1 is 1.36 bits per heavy atom. The number of carbonyl (C=O) groups is 2. The fourth-order valence-corrected chi connectivity index (χ4v) is 2.96. The van der Waals surface area contributed by atoms with Crippen molar-refractivity contribution in [1.29, 1.82) is 0 Å². The van der Waals surface area contributed by atoms with Crippen LogP contribution in [0.2, 0.25) is 5.02 Å². The van der Waals surface area contributed by atoms with Gasteiger partial charge in [-0.25, -0.2) is 9.82 Å². The Morgan fingerprint density at radius 2 is 2.07 bits per heavy atom. The molecule has 1 aromatic rings. The number of hydrazine groups is 1. The average Bonchev–Trinajstić information content (AvgIpc) is 3.50. The Balaban J connectivity index is 1.95. The Labute approximate surface area is 170 Å². The molecule has 1 saturated carbocycles. The molecule has 2 N–H and O–H groups in total. The van der Waals surface area contributed by atoms with Gasteiger partial charge in [-0.2, -0.15) is 0 Å². The van der Waals surface area contributed by atoms with Crippen molar-refractivity contribution in [3.63, 3.8) is 0 Å². The molecule has 0 aliphatic heterocycles. The highest BCUT2D eigenvalue weighted by Gasteiger charge is 2.34. The van der Waals surface area contributed by atoms with Crippen LogP contribution in [-0.4, -0.2) is 47.9 Å². The van der Waals surface area contributed by atoms with E-state index in [-0.39, 0.29) is 42.5 Å². The van der Waals surface area contributed by atoms with Crippen molar-refractivity contribution in [3.8, 4) is 0 Å². The molecule has 152 valence electrons. The van der Waals surface area contributed by atoms with Crippen molar-refractivity contribution in [2.75, 3.05) is 20.1 Å². The van der Waals surface area contributed by atoms with E-state index in [4.69, 9.17) is 11.6 Å². The number of nitrogens with zero attached hydrogens (tertiary/aromatic N) is 2. The number of carbonyl (C=O) groups excluding carboxylic acids is 2. The molecule has 2 amide bonds. The third-order valence-electron chi connectivity index (χ3n) is 4.48. The summed E-state index contributed by atoms with van der Waals surface area (Å²) < 4.78 is 13.9. The van der Waals surface area contributed by atoms with Gasteiger partial charge in [0.15, 0.2) is 0 Å². The lowest BCUT2D eigenvalue weighted by Gasteiger charge is -2.28. The summed E-state index contributed by atoms with van der Waals surface area (Å²) in [6.07, 6.45) is 5.19. The molecule has 6 nitrogen and oxygen atoms in total. The van der Waals surface area contributed by atoms with Gasteiger partial charge in [0, 0.05) is 30.9 Å². The fourth-order valence-electron chi connectivity index (χ4n) is 2.76. The van der Waals surface area contributed by atoms with Crippen molar-refractivity contribution in [3.05, 3.63) is 59.0 Å². The molecule has 1 aliphatic rings. The second kappa shape index (κ2) is 10.2. The van der Waals surface area contributed by atoms with E-state index in [1.54, 1.807) is 41.2 Å². The van der Waals surface area contributed by atoms with E-state index < -0.39 is 5.82 Å². The summed E-state index contributed by atoms with van der Waals surface area (Å²) in [7, 11) is 1.72. The average molecular weight is 409 g/mol. The van der Waals surface area contributed by atoms with Gasteiger partial charge in [-0.05, 0) is 31.9 Å². The molecule has 0 spiro atoms. The van der Waals surface area contributed by atoms with Crippen LogP contribution in [0.1, 0.15) is 25.3 Å². The monoisotopic (exact) mass is 408 g/mol. The first-order chi connectivity index (χ1) is 13.4. The van der Waals surface area contributed by atoms with E-state index >= 15 is 0 Å². The summed E-state index contributed by atoms with van der Waals surface area (Å²) in [4.78, 5) is 26.7. The molecule has 2 rings (SSSR count). The molecule has 8 heteroatoms. The van der Waals surface area contributed by atoms with Crippen LogP contribution in [0.5, 0.6) is 0 Å². The quantitative estimate of drug-likeness (QED) is 0.461. The third kappa shape index (κ3) is 6.07. The highest BCUT2D eigenvalue weighted by atomic mass is 35.5. The topological polar surface area (TPSA) is 64.7 Å². The van der Waals surface area contributed by atoms with Gasteiger partial charge in [-0.3, -0.25) is 9.59 Å². The predicted octanol–water partition coefficient (Wildman–Crippen LogP) is 2.61. The van der Waals surface area contributed by atoms with E-state index in [1.165, 1.54) is 6.07 Å². The number of amides is 2. The largest absolute Gasteiger partial charge is 0.350 e. The zero-order valence-electron chi connectivity index (χ0n) is 16.2. The van der Waals surface area contributed by atoms with Gasteiger partial charge in [-0.15, -0.1) is 0 Å². The molecule has 1 aliphatic carbocycles. The lowest BCUT2D eigenvalue weighted by Crippen LogP contribution is -2.48. The first-order valence-corrected chi connectivity index (χ1v) is 9.48. The van der Waals surface area contributed by atoms with Gasteiger partial charge in [0.25, 0.3) is 0 Å². The van der Waals surface area contributed by atoms with Crippen LogP contribution in [0.4, 0.5) is 4.39 Å². The first kappa shape index (κ1) is 21.9. The van der Waals surface area contributed by atoms with Crippen LogP contribution in [0, 0.1) is 5.82 Å². The predicted molar refractivity (Wildman–Crippen MR) is 108 cm³/mol. The second-order valence-electron chi connectivity index (χ2n) is 6.60. The minimum Gasteiger partial charge on any atom is -0.350 e. The molecule has 1 aromatic carbocycles. The Morgan fingerprint density at radius 3 is 2.68 bits per heavy atom. The molecule has 0 unspecified atom stereocenters. The Hall–Kier alpha value is -2.38. The van der Waals surface area contributed by atoms with Crippen LogP contribution < -0.4 is 10.7 Å². The standard InChI is InChI=1S/C20H26ClFN4O2/c1-4-6-14(2)26(23-3)13-19(28)25(16-9-10-16)12-18(27)24-11-15-7-5-8-17(21)20(15)22/h4-8,16,23H,1,9-13H2,2-3H3,(H,24,27)/b14-6+. The summed E-state index contributed by atoms with van der Waals surface area (Å²) in [5.74, 6) is -1.04. The van der Waals surface area contributed by atoms with Gasteiger partial charge in [0.05, 0.1) is 11.6 Å². The smallest absolute Gasteiger partial charge is 0.244 e. The molecular weight excluding hydrogens is 383 g/mol. The molecule has 0 aromatic heterocycles. The number of rotatable bonds is 10. The van der Waals surface area contributed by atoms with Crippen molar-refractivity contribution < 1.29 is 14.0 Å². The molecule has 1 fully saturated rings. The summed E-state index contributed by atoms with van der Waals surface area (Å²) in [6.45, 7) is 5.56. The lowest BCUT2D eigenvalue weighted by molar-refractivity contribution is -0.137. The maximum Gasteiger partial charge on any atom is 0.244 e. The highest BCUT2D eigenvalue weighted by Crippen LogP contribution is 2.27. The number of halogens is 2. The molecule has 0 atom stereocenters. The summed E-state index contributed by atoms with van der Waals surface area (Å²) in [6, 6.07) is 4.71. The Bertz CT molecular complexity index is 765. The molecule has 0 radical (unpaired) electrons.